The van der Waals surface area contributed by atoms with Gasteiger partial charge < -0.3 is 15.3 Å². The van der Waals surface area contributed by atoms with Crippen LogP contribution in [0.5, 0.6) is 5.75 Å². The number of nitrogens with zero attached hydrogens (tertiary/aromatic N) is 3. The van der Waals surface area contributed by atoms with Crippen LogP contribution in [0.2, 0.25) is 0 Å². The lowest BCUT2D eigenvalue weighted by Gasteiger charge is -2.10. The van der Waals surface area contributed by atoms with Crippen molar-refractivity contribution in [3.8, 4) is 5.75 Å². The second-order valence-corrected chi connectivity index (χ2v) is 6.40. The lowest BCUT2D eigenvalue weighted by atomic mass is 10.0. The normalized spacial score (nSPS) is 15.9. The number of anilines is 1. The summed E-state index contributed by atoms with van der Waals surface area (Å²) in [6, 6.07) is 15.7. The zero-order chi connectivity index (χ0) is 18.5. The minimum absolute atomic E-state index is 0.156. The minimum atomic E-state index is -0.156. The average Bonchev–Trinajstić information content (AvgIpc) is 3.17. The summed E-state index contributed by atoms with van der Waals surface area (Å²) >= 11 is 0. The van der Waals surface area contributed by atoms with Crippen molar-refractivity contribution in [3.63, 3.8) is 0 Å². The Labute approximate surface area is 157 Å². The van der Waals surface area contributed by atoms with Gasteiger partial charge in [0.25, 0.3) is 0 Å². The van der Waals surface area contributed by atoms with Crippen LogP contribution in [-0.4, -0.2) is 15.7 Å². The van der Waals surface area contributed by atoms with Crippen LogP contribution in [0.1, 0.15) is 29.2 Å². The molecule has 4 rings (SSSR count). The SMILES string of the molecule is Nc1ncccc1C1CC(Cc2ccc(OCc3ccncc3)cc2)=NO1. The van der Waals surface area contributed by atoms with E-state index in [0.717, 1.165) is 41.0 Å². The Morgan fingerprint density at radius 1 is 1.00 bits per heavy atom. The summed E-state index contributed by atoms with van der Waals surface area (Å²) in [4.78, 5) is 13.7. The molecule has 0 saturated heterocycles. The van der Waals surface area contributed by atoms with Crippen LogP contribution in [0, 0.1) is 0 Å². The molecule has 0 aliphatic carbocycles. The van der Waals surface area contributed by atoms with E-state index in [4.69, 9.17) is 15.3 Å². The number of nitrogens with two attached hydrogens (primary N) is 1. The highest BCUT2D eigenvalue weighted by Gasteiger charge is 2.24. The molecule has 3 aromatic rings. The van der Waals surface area contributed by atoms with E-state index in [0.29, 0.717) is 12.4 Å². The zero-order valence-corrected chi connectivity index (χ0v) is 14.8. The van der Waals surface area contributed by atoms with Crippen LogP contribution in [0.4, 0.5) is 5.82 Å². The van der Waals surface area contributed by atoms with Gasteiger partial charge in [0.15, 0.2) is 6.10 Å². The van der Waals surface area contributed by atoms with E-state index in [1.807, 2.05) is 36.4 Å². The molecule has 0 fully saturated rings. The monoisotopic (exact) mass is 360 g/mol. The fourth-order valence-corrected chi connectivity index (χ4v) is 2.98. The summed E-state index contributed by atoms with van der Waals surface area (Å²) in [5.41, 5.74) is 10.1. The summed E-state index contributed by atoms with van der Waals surface area (Å²) in [5, 5.41) is 4.22. The molecule has 0 amide bonds. The Bertz CT molecular complexity index is 926. The van der Waals surface area contributed by atoms with Crippen LogP contribution in [0.15, 0.2) is 72.3 Å². The molecule has 2 N–H and O–H groups in total. The van der Waals surface area contributed by atoms with Crippen molar-refractivity contribution in [1.82, 2.24) is 9.97 Å². The molecule has 0 saturated carbocycles. The molecule has 1 aliphatic rings. The molecule has 2 aromatic heterocycles. The standard InChI is InChI=1S/C21H20N4O2/c22-21-19(2-1-9-24-21)20-13-17(25-27-20)12-15-3-5-18(6-4-15)26-14-16-7-10-23-11-8-16/h1-11,20H,12-14H2,(H2,22,24). The van der Waals surface area contributed by atoms with E-state index in [-0.39, 0.29) is 6.10 Å². The van der Waals surface area contributed by atoms with Crippen molar-refractivity contribution in [2.45, 2.75) is 25.6 Å². The number of rotatable bonds is 6. The summed E-state index contributed by atoms with van der Waals surface area (Å²) in [5.74, 6) is 1.33. The molecule has 1 aromatic carbocycles. The van der Waals surface area contributed by atoms with Gasteiger partial charge in [-0.2, -0.15) is 0 Å². The minimum Gasteiger partial charge on any atom is -0.489 e. The maximum Gasteiger partial charge on any atom is 0.161 e. The molecule has 27 heavy (non-hydrogen) atoms. The second-order valence-electron chi connectivity index (χ2n) is 6.40. The molecular weight excluding hydrogens is 340 g/mol. The van der Waals surface area contributed by atoms with E-state index in [1.165, 1.54) is 0 Å². The fraction of sp³-hybridized carbons (Fsp3) is 0.190. The van der Waals surface area contributed by atoms with Crippen LogP contribution in [0.25, 0.3) is 0 Å². The Morgan fingerprint density at radius 3 is 2.59 bits per heavy atom. The third-order valence-corrected chi connectivity index (χ3v) is 4.43. The average molecular weight is 360 g/mol. The molecule has 1 atom stereocenters. The van der Waals surface area contributed by atoms with E-state index in [1.54, 1.807) is 18.6 Å². The first kappa shape index (κ1) is 17.0. The highest BCUT2D eigenvalue weighted by Crippen LogP contribution is 2.30. The van der Waals surface area contributed by atoms with Crippen LogP contribution in [0.3, 0.4) is 0 Å². The maximum absolute atomic E-state index is 5.93. The molecule has 0 spiro atoms. The zero-order valence-electron chi connectivity index (χ0n) is 14.8. The highest BCUT2D eigenvalue weighted by molar-refractivity contribution is 5.87. The third kappa shape index (κ3) is 4.23. The molecule has 3 heterocycles. The molecule has 0 radical (unpaired) electrons. The van der Waals surface area contributed by atoms with Gasteiger partial charge in [0.1, 0.15) is 18.2 Å². The molecule has 0 bridgehead atoms. The number of aromatic nitrogens is 2. The second kappa shape index (κ2) is 7.86. The summed E-state index contributed by atoms with van der Waals surface area (Å²) in [7, 11) is 0. The van der Waals surface area contributed by atoms with Crippen molar-refractivity contribution < 1.29 is 9.57 Å². The number of ether oxygens (including phenoxy) is 1. The summed E-state index contributed by atoms with van der Waals surface area (Å²) < 4.78 is 5.80. The smallest absolute Gasteiger partial charge is 0.161 e. The van der Waals surface area contributed by atoms with Crippen LogP contribution >= 0.6 is 0 Å². The van der Waals surface area contributed by atoms with Crippen molar-refractivity contribution >= 4 is 11.5 Å². The van der Waals surface area contributed by atoms with Crippen LogP contribution in [-0.2, 0) is 17.9 Å². The lowest BCUT2D eigenvalue weighted by Crippen LogP contribution is -2.06. The Balaban J connectivity index is 1.32. The molecule has 136 valence electrons. The fourth-order valence-electron chi connectivity index (χ4n) is 2.98. The number of hydrogen-bond acceptors (Lipinski definition) is 6. The third-order valence-electron chi connectivity index (χ3n) is 4.43. The predicted molar refractivity (Wildman–Crippen MR) is 103 cm³/mol. The van der Waals surface area contributed by atoms with E-state index < -0.39 is 0 Å². The Kier molecular flexibility index (Phi) is 4.96. The van der Waals surface area contributed by atoms with E-state index in [2.05, 4.69) is 27.3 Å². The molecule has 6 nitrogen and oxygen atoms in total. The Hall–Kier alpha value is -3.41. The van der Waals surface area contributed by atoms with Gasteiger partial charge in [0.05, 0.1) is 5.71 Å². The quantitative estimate of drug-likeness (QED) is 0.725. The maximum atomic E-state index is 5.93. The number of oxime groups is 1. The van der Waals surface area contributed by atoms with Crippen molar-refractivity contribution in [2.75, 3.05) is 5.73 Å². The van der Waals surface area contributed by atoms with E-state index >= 15 is 0 Å². The predicted octanol–water partition coefficient (Wildman–Crippen LogP) is 3.70. The van der Waals surface area contributed by atoms with Gasteiger partial charge in [-0.05, 0) is 47.5 Å². The topological polar surface area (TPSA) is 82.6 Å². The highest BCUT2D eigenvalue weighted by atomic mass is 16.6. The largest absolute Gasteiger partial charge is 0.489 e. The molecule has 6 heteroatoms. The van der Waals surface area contributed by atoms with Gasteiger partial charge in [-0.15, -0.1) is 0 Å². The Morgan fingerprint density at radius 2 is 1.81 bits per heavy atom. The van der Waals surface area contributed by atoms with Gasteiger partial charge in [-0.1, -0.05) is 17.3 Å². The van der Waals surface area contributed by atoms with Gasteiger partial charge >= 0.3 is 0 Å². The first-order chi connectivity index (χ1) is 13.3. The van der Waals surface area contributed by atoms with Gasteiger partial charge in [0.2, 0.25) is 0 Å². The molecular formula is C21H20N4O2. The lowest BCUT2D eigenvalue weighted by molar-refractivity contribution is 0.0860. The number of nitrogen functional groups attached to an aromatic ring is 1. The van der Waals surface area contributed by atoms with Gasteiger partial charge in [-0.3, -0.25) is 4.98 Å². The number of hydrogen-bond donors (Lipinski definition) is 1. The first-order valence-corrected chi connectivity index (χ1v) is 8.80. The van der Waals surface area contributed by atoms with E-state index in [9.17, 15) is 0 Å². The van der Waals surface area contributed by atoms with Gasteiger partial charge in [-0.25, -0.2) is 4.98 Å². The van der Waals surface area contributed by atoms with Crippen molar-refractivity contribution in [3.05, 3.63) is 83.8 Å². The summed E-state index contributed by atoms with van der Waals surface area (Å²) in [6.07, 6.45) is 6.50. The molecule has 1 aliphatic heterocycles. The number of benzene rings is 1. The van der Waals surface area contributed by atoms with Crippen molar-refractivity contribution in [1.29, 1.82) is 0 Å². The van der Waals surface area contributed by atoms with Crippen molar-refractivity contribution in [2.24, 2.45) is 5.16 Å². The van der Waals surface area contributed by atoms with Crippen LogP contribution < -0.4 is 10.5 Å². The summed E-state index contributed by atoms with van der Waals surface area (Å²) in [6.45, 7) is 0.524. The van der Waals surface area contributed by atoms with Gasteiger partial charge in [0, 0.05) is 37.0 Å². The number of pyridine rings is 2. The first-order valence-electron chi connectivity index (χ1n) is 8.80. The molecule has 1 unspecified atom stereocenters.